The van der Waals surface area contributed by atoms with Crippen LogP contribution in [0.25, 0.3) is 0 Å². The molecule has 1 aromatic rings. The smallest absolute Gasteiger partial charge is 0.341 e. The van der Waals surface area contributed by atoms with Crippen molar-refractivity contribution in [2.45, 2.75) is 52.4 Å². The second-order valence-corrected chi connectivity index (χ2v) is 4.68. The van der Waals surface area contributed by atoms with Gasteiger partial charge in [0.1, 0.15) is 17.2 Å². The van der Waals surface area contributed by atoms with Gasteiger partial charge in [0.15, 0.2) is 0 Å². The molecule has 0 aromatic carbocycles. The van der Waals surface area contributed by atoms with Gasteiger partial charge in [-0.15, -0.1) is 0 Å². The predicted octanol–water partition coefficient (Wildman–Crippen LogP) is 3.26. The van der Waals surface area contributed by atoms with E-state index in [9.17, 15) is 4.79 Å². The van der Waals surface area contributed by atoms with Crippen LogP contribution in [0.1, 0.15) is 61.6 Å². The summed E-state index contributed by atoms with van der Waals surface area (Å²) in [5.74, 6) is 0.00875. The zero-order chi connectivity index (χ0) is 14.1. The van der Waals surface area contributed by atoms with E-state index in [0.717, 1.165) is 13.0 Å². The van der Waals surface area contributed by atoms with Gasteiger partial charge in [-0.25, -0.2) is 14.8 Å². The summed E-state index contributed by atoms with van der Waals surface area (Å²) in [7, 11) is 0. The van der Waals surface area contributed by atoms with Gasteiger partial charge in [0, 0.05) is 12.7 Å². The van der Waals surface area contributed by atoms with E-state index < -0.39 is 5.97 Å². The Hall–Kier alpha value is -1.65. The molecule has 0 radical (unpaired) electrons. The molecule has 5 nitrogen and oxygen atoms in total. The fourth-order valence-electron chi connectivity index (χ4n) is 1.87. The molecule has 106 valence electrons. The molecular weight excluding hydrogens is 242 g/mol. The number of rotatable bonds is 9. The molecule has 0 unspecified atom stereocenters. The van der Waals surface area contributed by atoms with Gasteiger partial charge in [0.05, 0.1) is 0 Å². The molecule has 0 spiro atoms. The molecular formula is C14H23N3O2. The highest BCUT2D eigenvalue weighted by molar-refractivity contribution is 5.92. The van der Waals surface area contributed by atoms with Gasteiger partial charge in [0.25, 0.3) is 0 Å². The number of carboxylic acids is 1. The topological polar surface area (TPSA) is 75.1 Å². The molecule has 0 aliphatic carbocycles. The van der Waals surface area contributed by atoms with Crippen LogP contribution in [0.15, 0.2) is 6.20 Å². The van der Waals surface area contributed by atoms with Crippen molar-refractivity contribution < 1.29 is 9.90 Å². The Labute approximate surface area is 114 Å². The highest BCUT2D eigenvalue weighted by atomic mass is 16.4. The molecule has 5 heteroatoms. The van der Waals surface area contributed by atoms with Crippen LogP contribution in [-0.4, -0.2) is 27.6 Å². The minimum Gasteiger partial charge on any atom is -0.477 e. The normalized spacial score (nSPS) is 10.4. The molecule has 0 saturated carbocycles. The van der Waals surface area contributed by atoms with E-state index in [-0.39, 0.29) is 5.56 Å². The highest BCUT2D eigenvalue weighted by Crippen LogP contribution is 2.12. The number of anilines is 1. The summed E-state index contributed by atoms with van der Waals surface area (Å²) in [6, 6.07) is 0. The summed E-state index contributed by atoms with van der Waals surface area (Å²) in [5.41, 5.74) is 0.136. The monoisotopic (exact) mass is 265 g/mol. The number of hydrogen-bond acceptors (Lipinski definition) is 4. The number of hydrogen-bond donors (Lipinski definition) is 2. The highest BCUT2D eigenvalue weighted by Gasteiger charge is 2.11. The van der Waals surface area contributed by atoms with Crippen LogP contribution in [0.5, 0.6) is 0 Å². The van der Waals surface area contributed by atoms with Crippen LogP contribution in [-0.2, 0) is 0 Å². The summed E-state index contributed by atoms with van der Waals surface area (Å²) in [6.07, 6.45) is 8.62. The SMILES string of the molecule is CCCCCCCCNc1nc(C)ncc1C(=O)O. The Kier molecular flexibility index (Phi) is 6.85. The predicted molar refractivity (Wildman–Crippen MR) is 75.6 cm³/mol. The average molecular weight is 265 g/mol. The minimum atomic E-state index is -0.995. The standard InChI is InChI=1S/C14H23N3O2/c1-3-4-5-6-7-8-9-15-13-12(14(18)19)10-16-11(2)17-13/h10H,3-9H2,1-2H3,(H,18,19)(H,15,16,17). The van der Waals surface area contributed by atoms with E-state index in [0.29, 0.717) is 11.6 Å². The van der Waals surface area contributed by atoms with E-state index in [1.54, 1.807) is 6.92 Å². The second kappa shape index (κ2) is 8.45. The summed E-state index contributed by atoms with van der Waals surface area (Å²) >= 11 is 0. The first-order valence-corrected chi connectivity index (χ1v) is 6.96. The lowest BCUT2D eigenvalue weighted by molar-refractivity contribution is 0.0697. The van der Waals surface area contributed by atoms with E-state index in [1.807, 2.05) is 0 Å². The first-order chi connectivity index (χ1) is 9.15. The first kappa shape index (κ1) is 15.4. The van der Waals surface area contributed by atoms with Gasteiger partial charge in [-0.1, -0.05) is 39.0 Å². The molecule has 0 atom stereocenters. The molecule has 0 bridgehead atoms. The minimum absolute atomic E-state index is 0.136. The first-order valence-electron chi connectivity index (χ1n) is 6.96. The average Bonchev–Trinajstić information content (AvgIpc) is 2.37. The van der Waals surface area contributed by atoms with Gasteiger partial charge < -0.3 is 10.4 Å². The molecule has 0 aliphatic rings. The molecule has 0 aliphatic heterocycles. The van der Waals surface area contributed by atoms with Crippen molar-refractivity contribution in [2.24, 2.45) is 0 Å². The van der Waals surface area contributed by atoms with Crippen molar-refractivity contribution in [3.05, 3.63) is 17.6 Å². The number of carbonyl (C=O) groups is 1. The number of aryl methyl sites for hydroxylation is 1. The molecule has 2 N–H and O–H groups in total. The second-order valence-electron chi connectivity index (χ2n) is 4.68. The number of aromatic nitrogens is 2. The quantitative estimate of drug-likeness (QED) is 0.670. The Morgan fingerprint density at radius 3 is 2.63 bits per heavy atom. The maximum Gasteiger partial charge on any atom is 0.341 e. The van der Waals surface area contributed by atoms with E-state index in [4.69, 9.17) is 5.11 Å². The van der Waals surface area contributed by atoms with Crippen LogP contribution >= 0.6 is 0 Å². The lowest BCUT2D eigenvalue weighted by atomic mass is 10.1. The van der Waals surface area contributed by atoms with Gasteiger partial charge in [-0.2, -0.15) is 0 Å². The van der Waals surface area contributed by atoms with Gasteiger partial charge >= 0.3 is 5.97 Å². The Morgan fingerprint density at radius 1 is 1.26 bits per heavy atom. The van der Waals surface area contributed by atoms with Crippen molar-refractivity contribution in [3.8, 4) is 0 Å². The zero-order valence-electron chi connectivity index (χ0n) is 11.8. The zero-order valence-corrected chi connectivity index (χ0v) is 11.8. The number of nitrogens with zero attached hydrogens (tertiary/aromatic N) is 2. The maximum absolute atomic E-state index is 11.0. The molecule has 1 heterocycles. The third kappa shape index (κ3) is 5.68. The summed E-state index contributed by atoms with van der Waals surface area (Å²) in [5, 5.41) is 12.1. The van der Waals surface area contributed by atoms with Crippen LogP contribution in [0, 0.1) is 6.92 Å². The number of unbranched alkanes of at least 4 members (excludes halogenated alkanes) is 5. The lowest BCUT2D eigenvalue weighted by Crippen LogP contribution is -2.11. The maximum atomic E-state index is 11.0. The van der Waals surface area contributed by atoms with E-state index in [2.05, 4.69) is 22.2 Å². The summed E-state index contributed by atoms with van der Waals surface area (Å²) in [6.45, 7) is 4.71. The fraction of sp³-hybridized carbons (Fsp3) is 0.643. The van der Waals surface area contributed by atoms with Crippen LogP contribution in [0.3, 0.4) is 0 Å². The number of nitrogens with one attached hydrogen (secondary N) is 1. The van der Waals surface area contributed by atoms with E-state index in [1.165, 1.54) is 38.3 Å². The number of aromatic carboxylic acids is 1. The van der Waals surface area contributed by atoms with Crippen LogP contribution in [0.4, 0.5) is 5.82 Å². The van der Waals surface area contributed by atoms with Crippen molar-refractivity contribution in [1.82, 2.24) is 9.97 Å². The molecule has 1 aromatic heterocycles. The molecule has 0 fully saturated rings. The van der Waals surface area contributed by atoms with Gasteiger partial charge in [-0.05, 0) is 13.3 Å². The Morgan fingerprint density at radius 2 is 1.95 bits per heavy atom. The summed E-state index contributed by atoms with van der Waals surface area (Å²) < 4.78 is 0. The van der Waals surface area contributed by atoms with Crippen molar-refractivity contribution >= 4 is 11.8 Å². The largest absolute Gasteiger partial charge is 0.477 e. The van der Waals surface area contributed by atoms with Crippen LogP contribution in [0.2, 0.25) is 0 Å². The third-order valence-electron chi connectivity index (χ3n) is 2.96. The fourth-order valence-corrected chi connectivity index (χ4v) is 1.87. The van der Waals surface area contributed by atoms with Crippen molar-refractivity contribution in [2.75, 3.05) is 11.9 Å². The van der Waals surface area contributed by atoms with Crippen molar-refractivity contribution in [1.29, 1.82) is 0 Å². The van der Waals surface area contributed by atoms with Gasteiger partial charge in [0.2, 0.25) is 0 Å². The molecule has 19 heavy (non-hydrogen) atoms. The molecule has 1 rings (SSSR count). The Bertz CT molecular complexity index is 408. The van der Waals surface area contributed by atoms with E-state index >= 15 is 0 Å². The van der Waals surface area contributed by atoms with Crippen LogP contribution < -0.4 is 5.32 Å². The number of carboxylic acid groups (broad SMARTS) is 1. The van der Waals surface area contributed by atoms with Gasteiger partial charge in [-0.3, -0.25) is 0 Å². The van der Waals surface area contributed by atoms with Crippen molar-refractivity contribution in [3.63, 3.8) is 0 Å². The third-order valence-corrected chi connectivity index (χ3v) is 2.96. The lowest BCUT2D eigenvalue weighted by Gasteiger charge is -2.08. The summed E-state index contributed by atoms with van der Waals surface area (Å²) in [4.78, 5) is 19.1. The molecule has 0 saturated heterocycles. The Balaban J connectivity index is 2.36. The molecule has 0 amide bonds.